The summed E-state index contributed by atoms with van der Waals surface area (Å²) in [7, 11) is 0. The summed E-state index contributed by atoms with van der Waals surface area (Å²) in [5.74, 6) is 0.328. The maximum absolute atomic E-state index is 12.9. The van der Waals surface area contributed by atoms with Crippen molar-refractivity contribution in [3.05, 3.63) is 84.2 Å². The van der Waals surface area contributed by atoms with Gasteiger partial charge in [-0.05, 0) is 61.0 Å². The normalized spacial score (nSPS) is 10.3. The predicted octanol–water partition coefficient (Wildman–Crippen LogP) is 5.15. The number of nitrogens with one attached hydrogen (secondary N) is 2. The molecule has 0 saturated heterocycles. The Hall–Kier alpha value is -3.34. The number of amides is 1. The molecule has 1 amide bonds. The molecule has 2 N–H and O–H groups in total. The minimum absolute atomic E-state index is 0.149. The second kappa shape index (κ2) is 8.85. The molecule has 0 radical (unpaired) electrons. The van der Waals surface area contributed by atoms with E-state index in [1.165, 1.54) is 12.1 Å². The van der Waals surface area contributed by atoms with Crippen molar-refractivity contribution in [3.63, 3.8) is 0 Å². The maximum Gasteiger partial charge on any atom is 0.228 e. The molecule has 0 bridgehead atoms. The average Bonchev–Trinajstić information content (AvgIpc) is 2.67. The van der Waals surface area contributed by atoms with Crippen LogP contribution in [0.4, 0.5) is 21.5 Å². The molecule has 3 aromatic carbocycles. The molecule has 3 aromatic rings. The Morgan fingerprint density at radius 3 is 2.30 bits per heavy atom. The lowest BCUT2D eigenvalue weighted by Crippen LogP contribution is -2.14. The Kier molecular flexibility index (Phi) is 6.05. The van der Waals surface area contributed by atoms with Crippen LogP contribution < -0.4 is 15.4 Å². The van der Waals surface area contributed by atoms with Crippen LogP contribution in [0.15, 0.2) is 72.8 Å². The molecular formula is C22H21FN2O2. The molecule has 0 aliphatic rings. The highest BCUT2D eigenvalue weighted by molar-refractivity contribution is 5.92. The Balaban J connectivity index is 1.60. The van der Waals surface area contributed by atoms with Gasteiger partial charge in [-0.3, -0.25) is 4.79 Å². The summed E-state index contributed by atoms with van der Waals surface area (Å²) in [5.41, 5.74) is 3.23. The van der Waals surface area contributed by atoms with Crippen molar-refractivity contribution in [2.75, 3.05) is 17.2 Å². The lowest BCUT2D eigenvalue weighted by Gasteiger charge is -2.13. The molecule has 4 nitrogen and oxygen atoms in total. The van der Waals surface area contributed by atoms with Crippen LogP contribution >= 0.6 is 0 Å². The molecule has 138 valence electrons. The van der Waals surface area contributed by atoms with E-state index in [0.29, 0.717) is 12.3 Å². The van der Waals surface area contributed by atoms with Gasteiger partial charge in [0.1, 0.15) is 11.6 Å². The molecular weight excluding hydrogens is 343 g/mol. The molecule has 0 unspecified atom stereocenters. The topological polar surface area (TPSA) is 50.4 Å². The summed E-state index contributed by atoms with van der Waals surface area (Å²) in [6.45, 7) is 2.54. The summed E-state index contributed by atoms with van der Waals surface area (Å²) >= 11 is 0. The van der Waals surface area contributed by atoms with Crippen molar-refractivity contribution in [2.45, 2.75) is 13.3 Å². The summed E-state index contributed by atoms with van der Waals surface area (Å²) in [5, 5.41) is 6.15. The van der Waals surface area contributed by atoms with Gasteiger partial charge in [0, 0.05) is 11.4 Å². The highest BCUT2D eigenvalue weighted by atomic mass is 19.1. The van der Waals surface area contributed by atoms with E-state index in [0.717, 1.165) is 22.7 Å². The number of carbonyl (C=O) groups excluding carboxylic acids is 1. The van der Waals surface area contributed by atoms with E-state index in [2.05, 4.69) is 10.6 Å². The van der Waals surface area contributed by atoms with Gasteiger partial charge in [0.05, 0.1) is 18.7 Å². The van der Waals surface area contributed by atoms with Crippen LogP contribution in [0.1, 0.15) is 12.5 Å². The molecule has 5 heteroatoms. The first-order chi connectivity index (χ1) is 13.1. The first-order valence-corrected chi connectivity index (χ1v) is 8.77. The molecule has 0 heterocycles. The van der Waals surface area contributed by atoms with Crippen LogP contribution in [0.2, 0.25) is 0 Å². The van der Waals surface area contributed by atoms with Crippen molar-refractivity contribution in [1.82, 2.24) is 0 Å². The zero-order valence-corrected chi connectivity index (χ0v) is 15.0. The van der Waals surface area contributed by atoms with Gasteiger partial charge in [0.2, 0.25) is 5.91 Å². The molecule has 27 heavy (non-hydrogen) atoms. The molecule has 0 aliphatic heterocycles. The van der Waals surface area contributed by atoms with Crippen LogP contribution in [0.5, 0.6) is 5.75 Å². The maximum atomic E-state index is 12.9. The first-order valence-electron chi connectivity index (χ1n) is 8.77. The van der Waals surface area contributed by atoms with E-state index in [9.17, 15) is 9.18 Å². The van der Waals surface area contributed by atoms with Crippen molar-refractivity contribution in [3.8, 4) is 5.75 Å². The number of benzene rings is 3. The van der Waals surface area contributed by atoms with E-state index >= 15 is 0 Å². The second-order valence-electron chi connectivity index (χ2n) is 5.98. The van der Waals surface area contributed by atoms with Gasteiger partial charge in [-0.2, -0.15) is 0 Å². The molecule has 0 spiro atoms. The summed E-state index contributed by atoms with van der Waals surface area (Å²) in [6, 6.07) is 21.1. The average molecular weight is 364 g/mol. The molecule has 0 aromatic heterocycles. The molecule has 0 atom stereocenters. The lowest BCUT2D eigenvalue weighted by molar-refractivity contribution is -0.115. The first kappa shape index (κ1) is 18.5. The SMILES string of the molecule is CCOc1ccccc1Nc1ccc(NC(=O)Cc2ccc(F)cc2)cc1. The number of anilines is 3. The third-order valence-electron chi connectivity index (χ3n) is 3.91. The van der Waals surface area contributed by atoms with Crippen molar-refractivity contribution in [1.29, 1.82) is 0 Å². The van der Waals surface area contributed by atoms with Gasteiger partial charge in [0.25, 0.3) is 0 Å². The van der Waals surface area contributed by atoms with E-state index in [4.69, 9.17) is 4.74 Å². The standard InChI is InChI=1S/C22H21FN2O2/c1-2-27-21-6-4-3-5-20(21)24-18-11-13-19(14-12-18)25-22(26)15-16-7-9-17(23)10-8-16/h3-14,24H,2,15H2,1H3,(H,25,26). The van der Waals surface area contributed by atoms with E-state index in [1.54, 1.807) is 12.1 Å². The van der Waals surface area contributed by atoms with Crippen molar-refractivity contribution in [2.24, 2.45) is 0 Å². The fourth-order valence-electron chi connectivity index (χ4n) is 2.64. The van der Waals surface area contributed by atoms with Crippen LogP contribution in [-0.4, -0.2) is 12.5 Å². The Bertz CT molecular complexity index is 893. The van der Waals surface area contributed by atoms with Crippen LogP contribution in [0.25, 0.3) is 0 Å². The Labute approximate surface area is 158 Å². The minimum Gasteiger partial charge on any atom is -0.492 e. The zero-order valence-electron chi connectivity index (χ0n) is 15.0. The lowest BCUT2D eigenvalue weighted by atomic mass is 10.1. The second-order valence-corrected chi connectivity index (χ2v) is 5.98. The van der Waals surface area contributed by atoms with Gasteiger partial charge in [0.15, 0.2) is 0 Å². The van der Waals surface area contributed by atoms with Crippen LogP contribution in [0.3, 0.4) is 0 Å². The van der Waals surface area contributed by atoms with Gasteiger partial charge >= 0.3 is 0 Å². The zero-order chi connectivity index (χ0) is 19.1. The molecule has 0 aliphatic carbocycles. The Morgan fingerprint density at radius 2 is 1.59 bits per heavy atom. The quantitative estimate of drug-likeness (QED) is 0.610. The van der Waals surface area contributed by atoms with Crippen molar-refractivity contribution < 1.29 is 13.9 Å². The highest BCUT2D eigenvalue weighted by Gasteiger charge is 2.06. The highest BCUT2D eigenvalue weighted by Crippen LogP contribution is 2.27. The third kappa shape index (κ3) is 5.31. The third-order valence-corrected chi connectivity index (χ3v) is 3.91. The molecule has 0 fully saturated rings. The summed E-state index contributed by atoms with van der Waals surface area (Å²) in [6.07, 6.45) is 0.196. The predicted molar refractivity (Wildman–Crippen MR) is 106 cm³/mol. The summed E-state index contributed by atoms with van der Waals surface area (Å²) in [4.78, 5) is 12.1. The number of ether oxygens (including phenoxy) is 1. The van der Waals surface area contributed by atoms with Gasteiger partial charge < -0.3 is 15.4 Å². The summed E-state index contributed by atoms with van der Waals surface area (Å²) < 4.78 is 18.5. The van der Waals surface area contributed by atoms with Crippen LogP contribution in [-0.2, 0) is 11.2 Å². The minimum atomic E-state index is -0.312. The number of hydrogen-bond donors (Lipinski definition) is 2. The smallest absolute Gasteiger partial charge is 0.228 e. The molecule has 3 rings (SSSR count). The fourth-order valence-corrected chi connectivity index (χ4v) is 2.64. The molecule has 0 saturated carbocycles. The number of rotatable bonds is 7. The largest absolute Gasteiger partial charge is 0.492 e. The van der Waals surface area contributed by atoms with E-state index < -0.39 is 0 Å². The van der Waals surface area contributed by atoms with Crippen molar-refractivity contribution >= 4 is 23.0 Å². The number of halogens is 1. The fraction of sp³-hybridized carbons (Fsp3) is 0.136. The Morgan fingerprint density at radius 1 is 0.926 bits per heavy atom. The number of carbonyl (C=O) groups is 1. The van der Waals surface area contributed by atoms with E-state index in [-0.39, 0.29) is 18.1 Å². The van der Waals surface area contributed by atoms with E-state index in [1.807, 2.05) is 55.5 Å². The van der Waals surface area contributed by atoms with Gasteiger partial charge in [-0.25, -0.2) is 4.39 Å². The monoisotopic (exact) mass is 364 g/mol. The van der Waals surface area contributed by atoms with Gasteiger partial charge in [-0.15, -0.1) is 0 Å². The number of hydrogen-bond acceptors (Lipinski definition) is 3. The number of para-hydroxylation sites is 2. The van der Waals surface area contributed by atoms with Crippen LogP contribution in [0, 0.1) is 5.82 Å². The van der Waals surface area contributed by atoms with Gasteiger partial charge in [-0.1, -0.05) is 24.3 Å².